The van der Waals surface area contributed by atoms with Gasteiger partial charge in [0.05, 0.1) is 4.88 Å². The number of aliphatic hydroxyl groups excluding tert-OH is 1. The number of thiazole rings is 1. The second kappa shape index (κ2) is 7.52. The first-order chi connectivity index (χ1) is 9.74. The van der Waals surface area contributed by atoms with Gasteiger partial charge in [-0.05, 0) is 23.8 Å². The first kappa shape index (κ1) is 15.2. The van der Waals surface area contributed by atoms with Gasteiger partial charge in [-0.15, -0.1) is 22.7 Å². The number of nitrogens with one attached hydrogen (secondary N) is 1. The molecule has 1 unspecified atom stereocenters. The van der Waals surface area contributed by atoms with Crippen LogP contribution < -0.4 is 5.32 Å². The Bertz CT molecular complexity index is 537. The van der Waals surface area contributed by atoms with Crippen LogP contribution in [0.2, 0.25) is 0 Å². The highest BCUT2D eigenvalue weighted by molar-refractivity contribution is 7.20. The molecule has 20 heavy (non-hydrogen) atoms. The van der Waals surface area contributed by atoms with Crippen LogP contribution >= 0.6 is 22.7 Å². The standard InChI is InChI=1S/C14H18N2O2S2/c1-2-10(5-6-17)8-15-13(18)11-9-20-14(16-11)12-4-3-7-19-12/h3-4,7,9-10,17H,2,5-6,8H2,1H3,(H,15,18). The van der Waals surface area contributed by atoms with E-state index in [-0.39, 0.29) is 12.5 Å². The summed E-state index contributed by atoms with van der Waals surface area (Å²) in [5.41, 5.74) is 0.470. The fraction of sp³-hybridized carbons (Fsp3) is 0.429. The van der Waals surface area contributed by atoms with Crippen molar-refractivity contribution in [1.29, 1.82) is 0 Å². The van der Waals surface area contributed by atoms with Gasteiger partial charge in [0.15, 0.2) is 0 Å². The van der Waals surface area contributed by atoms with Crippen LogP contribution in [0.25, 0.3) is 9.88 Å². The molecule has 108 valence electrons. The molecule has 0 aromatic carbocycles. The van der Waals surface area contributed by atoms with Crippen LogP contribution in [0.15, 0.2) is 22.9 Å². The summed E-state index contributed by atoms with van der Waals surface area (Å²) in [6.45, 7) is 2.81. The van der Waals surface area contributed by atoms with Crippen LogP contribution in [0.3, 0.4) is 0 Å². The Morgan fingerprint density at radius 3 is 3.00 bits per heavy atom. The summed E-state index contributed by atoms with van der Waals surface area (Å²) >= 11 is 3.10. The molecule has 1 atom stereocenters. The molecule has 0 aliphatic heterocycles. The lowest BCUT2D eigenvalue weighted by molar-refractivity contribution is 0.0939. The predicted molar refractivity (Wildman–Crippen MR) is 83.2 cm³/mol. The minimum atomic E-state index is -0.138. The highest BCUT2D eigenvalue weighted by Gasteiger charge is 2.14. The Morgan fingerprint density at radius 2 is 2.35 bits per heavy atom. The summed E-state index contributed by atoms with van der Waals surface area (Å²) in [6, 6.07) is 3.97. The van der Waals surface area contributed by atoms with Crippen molar-refractivity contribution >= 4 is 28.6 Å². The van der Waals surface area contributed by atoms with Gasteiger partial charge >= 0.3 is 0 Å². The van der Waals surface area contributed by atoms with Gasteiger partial charge in [-0.2, -0.15) is 0 Å². The van der Waals surface area contributed by atoms with E-state index in [4.69, 9.17) is 5.11 Å². The van der Waals surface area contributed by atoms with E-state index >= 15 is 0 Å². The SMILES string of the molecule is CCC(CCO)CNC(=O)c1csc(-c2cccs2)n1. The number of thiophene rings is 1. The minimum absolute atomic E-state index is 0.138. The van der Waals surface area contributed by atoms with Gasteiger partial charge in [-0.25, -0.2) is 4.98 Å². The largest absolute Gasteiger partial charge is 0.396 e. The van der Waals surface area contributed by atoms with Gasteiger partial charge in [0.1, 0.15) is 10.7 Å². The third-order valence-corrected chi connectivity index (χ3v) is 5.02. The average Bonchev–Trinajstić information content (AvgIpc) is 3.12. The highest BCUT2D eigenvalue weighted by atomic mass is 32.1. The molecule has 0 radical (unpaired) electrons. The quantitative estimate of drug-likeness (QED) is 0.826. The van der Waals surface area contributed by atoms with E-state index in [1.165, 1.54) is 11.3 Å². The number of carbonyl (C=O) groups is 1. The monoisotopic (exact) mass is 310 g/mol. The van der Waals surface area contributed by atoms with Crippen LogP contribution in [0, 0.1) is 5.92 Å². The van der Waals surface area contributed by atoms with Gasteiger partial charge < -0.3 is 10.4 Å². The lowest BCUT2D eigenvalue weighted by Gasteiger charge is -2.13. The first-order valence-corrected chi connectivity index (χ1v) is 8.39. The molecule has 0 fully saturated rings. The van der Waals surface area contributed by atoms with Crippen molar-refractivity contribution in [2.75, 3.05) is 13.2 Å². The van der Waals surface area contributed by atoms with Crippen LogP contribution in [0.5, 0.6) is 0 Å². The maximum absolute atomic E-state index is 12.0. The summed E-state index contributed by atoms with van der Waals surface area (Å²) in [5, 5.41) is 16.5. The lowest BCUT2D eigenvalue weighted by atomic mass is 10.0. The predicted octanol–water partition coefficient (Wildman–Crippen LogP) is 3.01. The van der Waals surface area contributed by atoms with Crippen LogP contribution in [0.1, 0.15) is 30.3 Å². The van der Waals surface area contributed by atoms with Crippen molar-refractivity contribution in [1.82, 2.24) is 10.3 Å². The number of aromatic nitrogens is 1. The van der Waals surface area contributed by atoms with Crippen molar-refractivity contribution < 1.29 is 9.90 Å². The molecule has 2 aromatic rings. The Labute approximate surface area is 126 Å². The summed E-state index contributed by atoms with van der Waals surface area (Å²) in [6.07, 6.45) is 1.66. The maximum Gasteiger partial charge on any atom is 0.270 e. The fourth-order valence-electron chi connectivity index (χ4n) is 1.85. The molecule has 2 rings (SSSR count). The Morgan fingerprint density at radius 1 is 1.50 bits per heavy atom. The smallest absolute Gasteiger partial charge is 0.270 e. The molecule has 0 aliphatic rings. The van der Waals surface area contributed by atoms with Crippen molar-refractivity contribution in [3.63, 3.8) is 0 Å². The van der Waals surface area contributed by atoms with E-state index in [9.17, 15) is 4.79 Å². The van der Waals surface area contributed by atoms with Crippen LogP contribution in [-0.2, 0) is 0 Å². The molecular formula is C14H18N2O2S2. The van der Waals surface area contributed by atoms with Gasteiger partial charge in [0.2, 0.25) is 0 Å². The third kappa shape index (κ3) is 3.88. The van der Waals surface area contributed by atoms with Crippen molar-refractivity contribution in [2.45, 2.75) is 19.8 Å². The lowest BCUT2D eigenvalue weighted by Crippen LogP contribution is -2.29. The summed E-state index contributed by atoms with van der Waals surface area (Å²) in [5.74, 6) is 0.180. The Balaban J connectivity index is 1.93. The summed E-state index contributed by atoms with van der Waals surface area (Å²) in [7, 11) is 0. The second-order valence-corrected chi connectivity index (χ2v) is 6.32. The van der Waals surface area contributed by atoms with Gasteiger partial charge in [0.25, 0.3) is 5.91 Å². The molecule has 0 saturated carbocycles. The maximum atomic E-state index is 12.0. The molecule has 2 heterocycles. The Hall–Kier alpha value is -1.24. The van der Waals surface area contributed by atoms with E-state index in [1.54, 1.807) is 16.7 Å². The topological polar surface area (TPSA) is 62.2 Å². The molecular weight excluding hydrogens is 292 g/mol. The zero-order chi connectivity index (χ0) is 14.4. The molecule has 0 bridgehead atoms. The Kier molecular flexibility index (Phi) is 5.70. The van der Waals surface area contributed by atoms with Crippen LogP contribution in [-0.4, -0.2) is 29.1 Å². The van der Waals surface area contributed by atoms with Gasteiger partial charge in [-0.1, -0.05) is 19.4 Å². The van der Waals surface area contributed by atoms with Gasteiger partial charge in [-0.3, -0.25) is 4.79 Å². The fourth-order valence-corrected chi connectivity index (χ4v) is 3.47. The van der Waals surface area contributed by atoms with E-state index in [0.29, 0.717) is 24.6 Å². The van der Waals surface area contributed by atoms with E-state index < -0.39 is 0 Å². The minimum Gasteiger partial charge on any atom is -0.396 e. The molecule has 2 N–H and O–H groups in total. The number of nitrogens with zero attached hydrogens (tertiary/aromatic N) is 1. The zero-order valence-electron chi connectivity index (χ0n) is 11.3. The second-order valence-electron chi connectivity index (χ2n) is 4.51. The number of carbonyl (C=O) groups excluding carboxylic acids is 1. The molecule has 2 aromatic heterocycles. The molecule has 0 spiro atoms. The van der Waals surface area contributed by atoms with Crippen molar-refractivity contribution in [3.05, 3.63) is 28.6 Å². The number of amides is 1. The number of aliphatic hydroxyl groups is 1. The summed E-state index contributed by atoms with van der Waals surface area (Å²) in [4.78, 5) is 17.5. The molecule has 6 heteroatoms. The number of hydrogen-bond donors (Lipinski definition) is 2. The van der Waals surface area contributed by atoms with E-state index in [2.05, 4.69) is 17.2 Å². The molecule has 0 saturated heterocycles. The first-order valence-electron chi connectivity index (χ1n) is 6.63. The molecule has 1 amide bonds. The van der Waals surface area contributed by atoms with E-state index in [0.717, 1.165) is 16.3 Å². The zero-order valence-corrected chi connectivity index (χ0v) is 13.0. The summed E-state index contributed by atoms with van der Waals surface area (Å²) < 4.78 is 0. The normalized spacial score (nSPS) is 12.3. The average molecular weight is 310 g/mol. The number of hydrogen-bond acceptors (Lipinski definition) is 5. The van der Waals surface area contributed by atoms with Crippen molar-refractivity contribution in [2.24, 2.45) is 5.92 Å². The highest BCUT2D eigenvalue weighted by Crippen LogP contribution is 2.27. The van der Waals surface area contributed by atoms with E-state index in [1.807, 2.05) is 17.5 Å². The van der Waals surface area contributed by atoms with Crippen LogP contribution in [0.4, 0.5) is 0 Å². The third-order valence-electron chi connectivity index (χ3n) is 3.13. The van der Waals surface area contributed by atoms with Gasteiger partial charge in [0, 0.05) is 18.5 Å². The molecule has 4 nitrogen and oxygen atoms in total. The molecule has 0 aliphatic carbocycles. The number of rotatable bonds is 7. The van der Waals surface area contributed by atoms with Crippen molar-refractivity contribution in [3.8, 4) is 9.88 Å².